The Morgan fingerprint density at radius 3 is 2.92 bits per heavy atom. The number of amides is 1. The van der Waals surface area contributed by atoms with E-state index in [0.29, 0.717) is 24.4 Å². The number of para-hydroxylation sites is 1. The molecule has 0 spiro atoms. The number of benzene rings is 1. The van der Waals surface area contributed by atoms with Crippen LogP contribution in [0.4, 0.5) is 0 Å². The molecular formula is C17H20N6O. The number of carbonyl (C=O) groups is 1. The van der Waals surface area contributed by atoms with Crippen molar-refractivity contribution in [1.29, 1.82) is 0 Å². The molecule has 0 aliphatic heterocycles. The van der Waals surface area contributed by atoms with Crippen LogP contribution in [0.2, 0.25) is 0 Å². The fourth-order valence-electron chi connectivity index (χ4n) is 2.52. The van der Waals surface area contributed by atoms with Gasteiger partial charge in [-0.05, 0) is 32.4 Å². The van der Waals surface area contributed by atoms with Crippen molar-refractivity contribution in [2.75, 3.05) is 6.54 Å². The van der Waals surface area contributed by atoms with Crippen LogP contribution < -0.4 is 11.1 Å². The molecule has 3 rings (SSSR count). The van der Waals surface area contributed by atoms with E-state index in [1.165, 1.54) is 0 Å². The number of hydrogen-bond acceptors (Lipinski definition) is 5. The van der Waals surface area contributed by atoms with Crippen LogP contribution in [0.25, 0.3) is 16.6 Å². The Morgan fingerprint density at radius 1 is 1.33 bits per heavy atom. The summed E-state index contributed by atoms with van der Waals surface area (Å²) in [6.07, 6.45) is 2.45. The number of aromatic nitrogens is 4. The number of fused-ring (bicyclic) bond motifs is 1. The lowest BCUT2D eigenvalue weighted by Crippen LogP contribution is -2.29. The average Bonchev–Trinajstić information content (AvgIpc) is 2.95. The Kier molecular flexibility index (Phi) is 4.52. The van der Waals surface area contributed by atoms with E-state index in [4.69, 9.17) is 5.73 Å². The van der Waals surface area contributed by atoms with Crippen molar-refractivity contribution < 1.29 is 4.79 Å². The molecule has 124 valence electrons. The van der Waals surface area contributed by atoms with Gasteiger partial charge in [-0.25, -0.2) is 4.68 Å². The van der Waals surface area contributed by atoms with Gasteiger partial charge >= 0.3 is 0 Å². The van der Waals surface area contributed by atoms with E-state index >= 15 is 0 Å². The van der Waals surface area contributed by atoms with Crippen molar-refractivity contribution in [3.63, 3.8) is 0 Å². The molecule has 0 aliphatic rings. The lowest BCUT2D eigenvalue weighted by molar-refractivity contribution is 0.0947. The maximum absolute atomic E-state index is 12.3. The van der Waals surface area contributed by atoms with Crippen LogP contribution in [0.3, 0.4) is 0 Å². The van der Waals surface area contributed by atoms with E-state index in [0.717, 1.165) is 16.6 Å². The Bertz CT molecular complexity index is 865. The summed E-state index contributed by atoms with van der Waals surface area (Å²) in [4.78, 5) is 16.7. The minimum absolute atomic E-state index is 0.0452. The smallest absolute Gasteiger partial charge is 0.273 e. The molecule has 2 aromatic heterocycles. The predicted octanol–water partition coefficient (Wildman–Crippen LogP) is 1.59. The van der Waals surface area contributed by atoms with Crippen molar-refractivity contribution >= 4 is 16.8 Å². The van der Waals surface area contributed by atoms with Gasteiger partial charge in [0.1, 0.15) is 0 Å². The largest absolute Gasteiger partial charge is 0.351 e. The number of carbonyl (C=O) groups excluding carboxylic acids is 1. The van der Waals surface area contributed by atoms with E-state index in [1.54, 1.807) is 10.9 Å². The second-order valence-corrected chi connectivity index (χ2v) is 5.81. The summed E-state index contributed by atoms with van der Waals surface area (Å²) in [5.41, 5.74) is 8.29. The second kappa shape index (κ2) is 6.76. The normalized spacial score (nSPS) is 12.3. The maximum atomic E-state index is 12.3. The molecule has 2 heterocycles. The first-order chi connectivity index (χ1) is 11.6. The SMILES string of the molecule is Cc1c(C(=O)NCCC(C)N)nnn1-c1cccc2cccnc12. The molecule has 1 aromatic carbocycles. The molecule has 0 radical (unpaired) electrons. The van der Waals surface area contributed by atoms with Crippen molar-refractivity contribution in [2.45, 2.75) is 26.3 Å². The molecule has 1 amide bonds. The third kappa shape index (κ3) is 3.11. The lowest BCUT2D eigenvalue weighted by Gasteiger charge is -2.08. The van der Waals surface area contributed by atoms with Crippen LogP contribution in [0.1, 0.15) is 29.5 Å². The number of pyridine rings is 1. The Morgan fingerprint density at radius 2 is 2.12 bits per heavy atom. The lowest BCUT2D eigenvalue weighted by atomic mass is 10.2. The summed E-state index contributed by atoms with van der Waals surface area (Å²) >= 11 is 0. The molecule has 3 N–H and O–H groups in total. The molecule has 0 saturated carbocycles. The van der Waals surface area contributed by atoms with Crippen molar-refractivity contribution in [3.8, 4) is 5.69 Å². The number of rotatable bonds is 5. The zero-order valence-electron chi connectivity index (χ0n) is 13.7. The van der Waals surface area contributed by atoms with Crippen LogP contribution in [0.15, 0.2) is 36.5 Å². The number of nitrogens with zero attached hydrogens (tertiary/aromatic N) is 4. The van der Waals surface area contributed by atoms with Gasteiger partial charge in [-0.1, -0.05) is 23.4 Å². The summed E-state index contributed by atoms with van der Waals surface area (Å²) in [5.74, 6) is -0.243. The molecule has 24 heavy (non-hydrogen) atoms. The van der Waals surface area contributed by atoms with Crippen LogP contribution in [-0.2, 0) is 0 Å². The first kappa shape index (κ1) is 16.1. The molecule has 0 aliphatic carbocycles. The van der Waals surface area contributed by atoms with Crippen molar-refractivity contribution in [3.05, 3.63) is 47.9 Å². The van der Waals surface area contributed by atoms with Gasteiger partial charge in [0.15, 0.2) is 5.69 Å². The van der Waals surface area contributed by atoms with Gasteiger partial charge in [0, 0.05) is 24.2 Å². The minimum Gasteiger partial charge on any atom is -0.351 e. The first-order valence-electron chi connectivity index (χ1n) is 7.88. The number of hydrogen-bond donors (Lipinski definition) is 2. The van der Waals surface area contributed by atoms with E-state index in [1.807, 2.05) is 44.2 Å². The molecule has 1 atom stereocenters. The predicted molar refractivity (Wildman–Crippen MR) is 92.0 cm³/mol. The van der Waals surface area contributed by atoms with Crippen LogP contribution >= 0.6 is 0 Å². The van der Waals surface area contributed by atoms with E-state index in [9.17, 15) is 4.79 Å². The van der Waals surface area contributed by atoms with Gasteiger partial charge in [-0.2, -0.15) is 0 Å². The highest BCUT2D eigenvalue weighted by molar-refractivity contribution is 5.93. The zero-order chi connectivity index (χ0) is 17.1. The summed E-state index contributed by atoms with van der Waals surface area (Å²) < 4.78 is 1.65. The Balaban J connectivity index is 1.91. The van der Waals surface area contributed by atoms with E-state index in [2.05, 4.69) is 20.6 Å². The van der Waals surface area contributed by atoms with Crippen molar-refractivity contribution in [2.24, 2.45) is 5.73 Å². The Labute approximate surface area is 139 Å². The number of nitrogens with one attached hydrogen (secondary N) is 1. The topological polar surface area (TPSA) is 98.7 Å². The maximum Gasteiger partial charge on any atom is 0.273 e. The molecule has 0 bridgehead atoms. The van der Waals surface area contributed by atoms with Crippen molar-refractivity contribution in [1.82, 2.24) is 25.3 Å². The van der Waals surface area contributed by atoms with E-state index in [-0.39, 0.29) is 11.9 Å². The molecule has 3 aromatic rings. The molecule has 1 unspecified atom stereocenters. The summed E-state index contributed by atoms with van der Waals surface area (Å²) in [5, 5.41) is 12.0. The Hall–Kier alpha value is -2.80. The third-order valence-electron chi connectivity index (χ3n) is 3.83. The van der Waals surface area contributed by atoms with Gasteiger partial charge in [0.05, 0.1) is 16.9 Å². The highest BCUT2D eigenvalue weighted by Crippen LogP contribution is 2.21. The summed E-state index contributed by atoms with van der Waals surface area (Å²) in [7, 11) is 0. The van der Waals surface area contributed by atoms with Gasteiger partial charge in [-0.3, -0.25) is 9.78 Å². The van der Waals surface area contributed by atoms with Crippen LogP contribution in [0, 0.1) is 6.92 Å². The quantitative estimate of drug-likeness (QED) is 0.742. The van der Waals surface area contributed by atoms with Crippen LogP contribution in [-0.4, -0.2) is 38.5 Å². The fraction of sp³-hybridized carbons (Fsp3) is 0.294. The zero-order valence-corrected chi connectivity index (χ0v) is 13.7. The van der Waals surface area contributed by atoms with E-state index < -0.39 is 0 Å². The number of nitrogens with two attached hydrogens (primary N) is 1. The minimum atomic E-state index is -0.243. The van der Waals surface area contributed by atoms with Gasteiger partial charge in [0.2, 0.25) is 0 Å². The first-order valence-corrected chi connectivity index (χ1v) is 7.88. The molecule has 0 fully saturated rings. The standard InChI is InChI=1S/C17H20N6O/c1-11(18)8-10-20-17(24)15-12(2)23(22-21-15)14-7-3-5-13-6-4-9-19-16(13)14/h3-7,9,11H,8,10,18H2,1-2H3,(H,20,24). The highest BCUT2D eigenvalue weighted by atomic mass is 16.2. The fourth-order valence-corrected chi connectivity index (χ4v) is 2.52. The van der Waals surface area contributed by atoms with Gasteiger partial charge in [-0.15, -0.1) is 5.10 Å². The van der Waals surface area contributed by atoms with Gasteiger partial charge < -0.3 is 11.1 Å². The summed E-state index contributed by atoms with van der Waals surface area (Å²) in [6, 6.07) is 9.75. The van der Waals surface area contributed by atoms with Crippen LogP contribution in [0.5, 0.6) is 0 Å². The monoisotopic (exact) mass is 324 g/mol. The summed E-state index contributed by atoms with van der Waals surface area (Å²) in [6.45, 7) is 4.24. The molecule has 7 nitrogen and oxygen atoms in total. The second-order valence-electron chi connectivity index (χ2n) is 5.81. The van der Waals surface area contributed by atoms with Gasteiger partial charge in [0.25, 0.3) is 5.91 Å². The third-order valence-corrected chi connectivity index (χ3v) is 3.83. The average molecular weight is 324 g/mol. The molecule has 0 saturated heterocycles. The molecular weight excluding hydrogens is 304 g/mol. The highest BCUT2D eigenvalue weighted by Gasteiger charge is 2.18. The molecule has 7 heteroatoms.